The Labute approximate surface area is 261 Å². The average molecular weight is 597 g/mol. The minimum Gasteiger partial charge on any atom is -0.467 e. The predicted octanol–water partition coefficient (Wildman–Crippen LogP) is 8.18. The molecule has 0 aliphatic heterocycles. The van der Waals surface area contributed by atoms with Gasteiger partial charge in [-0.1, -0.05) is 65.8 Å². The highest BCUT2D eigenvalue weighted by molar-refractivity contribution is 5.90. The normalized spacial score (nSPS) is 44.9. The summed E-state index contributed by atoms with van der Waals surface area (Å²) in [6.45, 7) is 23.2. The number of nitrogens with zero attached hydrogens (tertiary/aromatic N) is 1. The van der Waals surface area contributed by atoms with Crippen molar-refractivity contribution < 1.29 is 19.5 Å². The second-order valence-corrected chi connectivity index (χ2v) is 17.3. The summed E-state index contributed by atoms with van der Waals surface area (Å²) < 4.78 is 5.14. The van der Waals surface area contributed by atoms with Crippen LogP contribution < -0.4 is 5.32 Å². The Balaban J connectivity index is 1.51. The van der Waals surface area contributed by atoms with Gasteiger partial charge in [-0.3, -0.25) is 4.79 Å². The maximum atomic E-state index is 14.5. The van der Waals surface area contributed by atoms with Gasteiger partial charge in [-0.05, 0) is 129 Å². The number of oxime groups is 1. The molecule has 5 aliphatic rings. The van der Waals surface area contributed by atoms with Gasteiger partial charge < -0.3 is 15.3 Å². The van der Waals surface area contributed by atoms with Gasteiger partial charge in [-0.2, -0.15) is 0 Å². The number of carbonyl (C=O) groups excluding carboxylic acids is 2. The molecule has 0 heterocycles. The lowest BCUT2D eigenvalue weighted by Crippen LogP contribution is -2.67. The van der Waals surface area contributed by atoms with E-state index in [2.05, 4.69) is 72.4 Å². The van der Waals surface area contributed by atoms with E-state index in [4.69, 9.17) is 4.74 Å². The minimum absolute atomic E-state index is 0.0761. The lowest BCUT2D eigenvalue weighted by atomic mass is 9.32. The van der Waals surface area contributed by atoms with E-state index in [0.29, 0.717) is 30.1 Å². The molecule has 0 aromatic heterocycles. The number of allylic oxidation sites excluding steroid dienone is 1. The quantitative estimate of drug-likeness (QED) is 0.140. The van der Waals surface area contributed by atoms with Crippen molar-refractivity contribution in [2.45, 2.75) is 132 Å². The Morgan fingerprint density at radius 3 is 2.28 bits per heavy atom. The van der Waals surface area contributed by atoms with Crippen LogP contribution in [-0.4, -0.2) is 35.9 Å². The van der Waals surface area contributed by atoms with E-state index in [1.807, 2.05) is 0 Å². The first-order valence-corrected chi connectivity index (χ1v) is 17.3. The highest BCUT2D eigenvalue weighted by atomic mass is 16.5. The third-order valence-electron chi connectivity index (χ3n) is 14.9. The topological polar surface area (TPSA) is 88.0 Å². The lowest BCUT2D eigenvalue weighted by Gasteiger charge is -2.72. The van der Waals surface area contributed by atoms with Crippen LogP contribution in [0, 0.1) is 62.6 Å². The maximum Gasteiger partial charge on any atom is 0.328 e. The number of fused-ring (bicyclic) bond motifs is 7. The van der Waals surface area contributed by atoms with E-state index in [1.54, 1.807) is 0 Å². The number of methoxy groups -OCH3 is 1. The molecule has 0 saturated heterocycles. The second kappa shape index (κ2) is 10.9. The van der Waals surface area contributed by atoms with E-state index < -0.39 is 11.5 Å². The van der Waals surface area contributed by atoms with Crippen LogP contribution in [0.2, 0.25) is 0 Å². The zero-order valence-electron chi connectivity index (χ0n) is 28.6. The average Bonchev–Trinajstić information content (AvgIpc) is 3.33. The Morgan fingerprint density at radius 2 is 1.67 bits per heavy atom. The smallest absolute Gasteiger partial charge is 0.328 e. The fourth-order valence-electron chi connectivity index (χ4n) is 12.7. The molecule has 6 heteroatoms. The number of hydrogen-bond acceptors (Lipinski definition) is 5. The molecule has 0 bridgehead atoms. The molecule has 0 radical (unpaired) electrons. The van der Waals surface area contributed by atoms with Gasteiger partial charge >= 0.3 is 5.97 Å². The summed E-state index contributed by atoms with van der Waals surface area (Å²) in [4.78, 5) is 27.3. The molecule has 2 N–H and O–H groups in total. The molecule has 5 fully saturated rings. The molecule has 10 atom stereocenters. The third-order valence-corrected chi connectivity index (χ3v) is 14.9. The summed E-state index contributed by atoms with van der Waals surface area (Å²) in [6.07, 6.45) is 11.1. The Morgan fingerprint density at radius 1 is 0.977 bits per heavy atom. The predicted molar refractivity (Wildman–Crippen MR) is 172 cm³/mol. The molecule has 0 unspecified atom stereocenters. The fourth-order valence-corrected chi connectivity index (χ4v) is 12.7. The summed E-state index contributed by atoms with van der Waals surface area (Å²) in [5.41, 5.74) is 2.16. The molecular weight excluding hydrogens is 536 g/mol. The molecule has 0 aromatic carbocycles. The van der Waals surface area contributed by atoms with Crippen LogP contribution in [0.1, 0.15) is 126 Å². The van der Waals surface area contributed by atoms with Crippen LogP contribution in [-0.2, 0) is 14.3 Å². The van der Waals surface area contributed by atoms with Crippen molar-refractivity contribution in [2.24, 2.45) is 67.7 Å². The van der Waals surface area contributed by atoms with Gasteiger partial charge in [0.1, 0.15) is 6.04 Å². The van der Waals surface area contributed by atoms with Crippen molar-refractivity contribution >= 4 is 17.6 Å². The first-order valence-electron chi connectivity index (χ1n) is 17.3. The number of hydrogen-bond donors (Lipinski definition) is 2. The molecule has 5 saturated carbocycles. The molecule has 43 heavy (non-hydrogen) atoms. The van der Waals surface area contributed by atoms with E-state index in [1.165, 1.54) is 25.5 Å². The van der Waals surface area contributed by atoms with Crippen molar-refractivity contribution in [1.82, 2.24) is 5.32 Å². The SMILES string of the molecule is C=C(C)[C@@H]1CC[C@]2(C(=O)N[C@@H](CC(C)C)C(=O)OC)CC[C@]3(C)[C@H](CC[C@@H]4[C@@]5(C)CC/C(=N/O)C(C)(C)[C@@H]5CC[C@]43C)[C@@H]12. The zero-order valence-corrected chi connectivity index (χ0v) is 28.6. The Hall–Kier alpha value is -1.85. The van der Waals surface area contributed by atoms with Crippen LogP contribution in [0.3, 0.4) is 0 Å². The van der Waals surface area contributed by atoms with Crippen molar-refractivity contribution in [3.63, 3.8) is 0 Å². The van der Waals surface area contributed by atoms with Gasteiger partial charge in [0.25, 0.3) is 0 Å². The van der Waals surface area contributed by atoms with Crippen molar-refractivity contribution in [1.29, 1.82) is 0 Å². The molecule has 6 nitrogen and oxygen atoms in total. The van der Waals surface area contributed by atoms with Gasteiger partial charge in [0.05, 0.1) is 18.2 Å². The van der Waals surface area contributed by atoms with E-state index in [-0.39, 0.29) is 45.4 Å². The first-order chi connectivity index (χ1) is 20.0. The Bertz CT molecular complexity index is 1180. The Kier molecular flexibility index (Phi) is 8.25. The van der Waals surface area contributed by atoms with Gasteiger partial charge in [0.15, 0.2) is 0 Å². The minimum atomic E-state index is -0.602. The van der Waals surface area contributed by atoms with Crippen LogP contribution in [0.5, 0.6) is 0 Å². The van der Waals surface area contributed by atoms with Crippen molar-refractivity contribution in [3.05, 3.63) is 12.2 Å². The summed E-state index contributed by atoms with van der Waals surface area (Å²) in [6, 6.07) is -0.602. The summed E-state index contributed by atoms with van der Waals surface area (Å²) in [5, 5.41) is 16.9. The van der Waals surface area contributed by atoms with Gasteiger partial charge in [-0.15, -0.1) is 0 Å². The van der Waals surface area contributed by atoms with E-state index >= 15 is 0 Å². The molecule has 1 amide bonds. The highest BCUT2D eigenvalue weighted by Gasteiger charge is 2.71. The number of ether oxygens (including phenoxy) is 1. The molecule has 5 aliphatic carbocycles. The standard InChI is InChI=1S/C37H60N2O4/c1-22(2)21-26(31(40)43-10)38-32(41)37-18-13-24(23(3)4)30(37)25-11-12-28-34(7)16-15-29(39-42)33(5,6)27(34)14-17-36(28,9)35(25,8)19-20-37/h22,24-28,30,42H,3,11-21H2,1-2,4-10H3,(H,38,41)/b39-29-/t24-,25+,26-,27-,28+,30+,34-,35+,36+,37-/m0/s1. The van der Waals surface area contributed by atoms with Crippen LogP contribution in [0.4, 0.5) is 0 Å². The zero-order chi connectivity index (χ0) is 31.8. The second-order valence-electron chi connectivity index (χ2n) is 17.3. The summed E-state index contributed by atoms with van der Waals surface area (Å²) in [5.74, 6) is 2.17. The maximum absolute atomic E-state index is 14.5. The van der Waals surface area contributed by atoms with Crippen LogP contribution >= 0.6 is 0 Å². The molecule has 5 rings (SSSR count). The van der Waals surface area contributed by atoms with Crippen molar-refractivity contribution in [3.8, 4) is 0 Å². The molecule has 242 valence electrons. The van der Waals surface area contributed by atoms with Crippen molar-refractivity contribution in [2.75, 3.05) is 7.11 Å². The van der Waals surface area contributed by atoms with Gasteiger partial charge in [0.2, 0.25) is 5.91 Å². The first kappa shape index (κ1) is 32.5. The number of rotatable bonds is 6. The number of nitrogens with one attached hydrogen (secondary N) is 1. The molecule has 0 aromatic rings. The monoisotopic (exact) mass is 596 g/mol. The largest absolute Gasteiger partial charge is 0.467 e. The van der Waals surface area contributed by atoms with Gasteiger partial charge in [0, 0.05) is 5.41 Å². The fraction of sp³-hybridized carbons (Fsp3) is 0.865. The molecular formula is C37H60N2O4. The number of carbonyl (C=O) groups is 2. The summed E-state index contributed by atoms with van der Waals surface area (Å²) >= 11 is 0. The number of esters is 1. The third kappa shape index (κ3) is 4.56. The van der Waals surface area contributed by atoms with Crippen LogP contribution in [0.15, 0.2) is 17.3 Å². The highest BCUT2D eigenvalue weighted by Crippen LogP contribution is 2.77. The van der Waals surface area contributed by atoms with E-state index in [0.717, 1.165) is 57.1 Å². The van der Waals surface area contributed by atoms with Gasteiger partial charge in [-0.25, -0.2) is 4.79 Å². The lowest BCUT2D eigenvalue weighted by molar-refractivity contribution is -0.227. The summed E-state index contributed by atoms with van der Waals surface area (Å²) in [7, 11) is 1.42. The molecule has 0 spiro atoms. The number of amides is 1. The van der Waals surface area contributed by atoms with Crippen LogP contribution in [0.25, 0.3) is 0 Å². The van der Waals surface area contributed by atoms with E-state index in [9.17, 15) is 14.8 Å².